The second-order valence-electron chi connectivity index (χ2n) is 1.48. The maximum absolute atomic E-state index is 8.07. The van der Waals surface area contributed by atoms with E-state index in [4.69, 9.17) is 10.2 Å². The number of hydrogen-bond acceptors (Lipinski definition) is 4. The van der Waals surface area contributed by atoms with E-state index in [1.54, 1.807) is 0 Å². The van der Waals surface area contributed by atoms with Crippen molar-refractivity contribution in [1.29, 1.82) is 0 Å². The van der Waals surface area contributed by atoms with Crippen molar-refractivity contribution in [2.75, 3.05) is 19.0 Å². The van der Waals surface area contributed by atoms with E-state index in [0.717, 1.165) is 0 Å². The average Bonchev–Trinajstić information content (AvgIpc) is 1.89. The lowest BCUT2D eigenvalue weighted by molar-refractivity contribution is 0.300. The Morgan fingerprint density at radius 1 is 1.44 bits per heavy atom. The molecule has 0 radical (unpaired) electrons. The van der Waals surface area contributed by atoms with Gasteiger partial charge in [0.2, 0.25) is 0 Å². The molecule has 0 aromatic heterocycles. The molecule has 1 unspecified atom stereocenters. The molecule has 0 amide bonds. The van der Waals surface area contributed by atoms with Gasteiger partial charge in [0.25, 0.3) is 0 Å². The summed E-state index contributed by atoms with van der Waals surface area (Å²) in [6.45, 7) is 2.19. The first kappa shape index (κ1) is 12.3. The zero-order valence-corrected chi connectivity index (χ0v) is 7.28. The van der Waals surface area contributed by atoms with E-state index in [1.807, 2.05) is 6.92 Å². The molecule has 0 aromatic carbocycles. The zero-order valence-electron chi connectivity index (χ0n) is 5.49. The number of aliphatic hydroxyl groups excluding tert-OH is 2. The molecule has 2 nitrogen and oxygen atoms in total. The first-order valence-electron chi connectivity index (χ1n) is 2.69. The van der Waals surface area contributed by atoms with Crippen molar-refractivity contribution >= 4 is 25.3 Å². The molecule has 0 heterocycles. The molecule has 0 aliphatic carbocycles. The molecule has 1 atom stereocenters. The van der Waals surface area contributed by atoms with Crippen LogP contribution in [0.3, 0.4) is 0 Å². The SMILES string of the molecule is CC(S)CO.OCCS. The van der Waals surface area contributed by atoms with Crippen molar-refractivity contribution in [1.82, 2.24) is 0 Å². The van der Waals surface area contributed by atoms with E-state index < -0.39 is 0 Å². The van der Waals surface area contributed by atoms with Gasteiger partial charge in [0.05, 0.1) is 13.2 Å². The van der Waals surface area contributed by atoms with E-state index in [0.29, 0.717) is 5.75 Å². The fraction of sp³-hybridized carbons (Fsp3) is 1.00. The van der Waals surface area contributed by atoms with Gasteiger partial charge in [0, 0.05) is 11.0 Å². The van der Waals surface area contributed by atoms with Gasteiger partial charge in [0.1, 0.15) is 0 Å². The molecule has 0 rings (SSSR count). The molecule has 0 aliphatic rings. The van der Waals surface area contributed by atoms with Crippen LogP contribution in [0.25, 0.3) is 0 Å². The van der Waals surface area contributed by atoms with Gasteiger partial charge in [-0.15, -0.1) is 0 Å². The molecule has 0 aromatic rings. The highest BCUT2D eigenvalue weighted by Gasteiger charge is 1.82. The Hall–Kier alpha value is 0.620. The monoisotopic (exact) mass is 170 g/mol. The molecule has 0 saturated carbocycles. The zero-order chi connectivity index (χ0) is 7.70. The smallest absolute Gasteiger partial charge is 0.0544 e. The van der Waals surface area contributed by atoms with Gasteiger partial charge in [-0.25, -0.2) is 0 Å². The van der Waals surface area contributed by atoms with Crippen molar-refractivity contribution in [2.24, 2.45) is 0 Å². The summed E-state index contributed by atoms with van der Waals surface area (Å²) < 4.78 is 0. The molecule has 0 aliphatic heterocycles. The molecule has 0 bridgehead atoms. The number of aliphatic hydroxyl groups is 2. The first-order valence-corrected chi connectivity index (χ1v) is 3.84. The molecule has 0 fully saturated rings. The Morgan fingerprint density at radius 2 is 1.67 bits per heavy atom. The van der Waals surface area contributed by atoms with Gasteiger partial charge in [-0.3, -0.25) is 0 Å². The lowest BCUT2D eigenvalue weighted by Crippen LogP contribution is -1.95. The highest BCUT2D eigenvalue weighted by Crippen LogP contribution is 1.85. The highest BCUT2D eigenvalue weighted by atomic mass is 32.1. The third-order valence-corrected chi connectivity index (χ3v) is 0.728. The van der Waals surface area contributed by atoms with Gasteiger partial charge in [0.15, 0.2) is 0 Å². The third-order valence-electron chi connectivity index (χ3n) is 0.364. The van der Waals surface area contributed by atoms with Gasteiger partial charge in [-0.1, -0.05) is 6.92 Å². The van der Waals surface area contributed by atoms with E-state index in [9.17, 15) is 0 Å². The van der Waals surface area contributed by atoms with Crippen LogP contribution in [0.15, 0.2) is 0 Å². The van der Waals surface area contributed by atoms with Gasteiger partial charge >= 0.3 is 0 Å². The van der Waals surface area contributed by atoms with Crippen molar-refractivity contribution in [3.8, 4) is 0 Å². The fourth-order valence-corrected chi connectivity index (χ4v) is 0. The van der Waals surface area contributed by atoms with Crippen LogP contribution < -0.4 is 0 Å². The highest BCUT2D eigenvalue weighted by molar-refractivity contribution is 7.81. The van der Waals surface area contributed by atoms with Gasteiger partial charge < -0.3 is 10.2 Å². The fourth-order valence-electron chi connectivity index (χ4n) is 0. The van der Waals surface area contributed by atoms with E-state index in [2.05, 4.69) is 25.3 Å². The first-order chi connectivity index (χ1) is 4.18. The van der Waals surface area contributed by atoms with Crippen LogP contribution in [0.2, 0.25) is 0 Å². The van der Waals surface area contributed by atoms with E-state index in [-0.39, 0.29) is 18.5 Å². The second-order valence-corrected chi connectivity index (χ2v) is 2.81. The molecule has 9 heavy (non-hydrogen) atoms. The molecule has 0 spiro atoms. The van der Waals surface area contributed by atoms with Crippen LogP contribution >= 0.6 is 25.3 Å². The van der Waals surface area contributed by atoms with Crippen molar-refractivity contribution < 1.29 is 10.2 Å². The van der Waals surface area contributed by atoms with E-state index in [1.165, 1.54) is 0 Å². The predicted octanol–water partition coefficient (Wildman–Crippen LogP) is 0.205. The molecule has 4 heteroatoms. The summed E-state index contributed by atoms with van der Waals surface area (Å²) in [5.41, 5.74) is 0. The largest absolute Gasteiger partial charge is 0.396 e. The summed E-state index contributed by atoms with van der Waals surface area (Å²) in [7, 11) is 0. The van der Waals surface area contributed by atoms with Crippen LogP contribution in [0.4, 0.5) is 0 Å². The van der Waals surface area contributed by atoms with Crippen LogP contribution in [0, 0.1) is 0 Å². The van der Waals surface area contributed by atoms with Crippen molar-refractivity contribution in [2.45, 2.75) is 12.2 Å². The summed E-state index contributed by atoms with van der Waals surface area (Å²) in [6.07, 6.45) is 0. The van der Waals surface area contributed by atoms with Gasteiger partial charge in [-0.05, 0) is 0 Å². The van der Waals surface area contributed by atoms with E-state index >= 15 is 0 Å². The van der Waals surface area contributed by atoms with Crippen LogP contribution in [0.1, 0.15) is 6.92 Å². The molecule has 2 N–H and O–H groups in total. The standard InChI is InChI=1S/C3H8OS.C2H6OS/c1-3(5)2-4;3-1-2-4/h3-5H,2H2,1H3;3-4H,1-2H2. The number of hydrogen-bond donors (Lipinski definition) is 4. The Kier molecular flexibility index (Phi) is 15.6. The molecular weight excluding hydrogens is 156 g/mol. The summed E-state index contributed by atoms with van der Waals surface area (Å²) >= 11 is 7.52. The molecule has 0 saturated heterocycles. The maximum Gasteiger partial charge on any atom is 0.0544 e. The predicted molar refractivity (Wildman–Crippen MR) is 46.5 cm³/mol. The molecule has 58 valence electrons. The van der Waals surface area contributed by atoms with Crippen LogP contribution in [-0.4, -0.2) is 34.4 Å². The van der Waals surface area contributed by atoms with Gasteiger partial charge in [-0.2, -0.15) is 25.3 Å². The Labute approximate surface area is 67.1 Å². The Balaban J connectivity index is 0. The lowest BCUT2D eigenvalue weighted by atomic mass is 10.5. The minimum absolute atomic E-state index is 0.134. The average molecular weight is 170 g/mol. The minimum atomic E-state index is 0.134. The normalized spacial score (nSPS) is 11.7. The summed E-state index contributed by atoms with van der Waals surface area (Å²) in [5, 5.41) is 16.0. The summed E-state index contributed by atoms with van der Waals surface area (Å²) in [4.78, 5) is 0. The number of thiol groups is 2. The summed E-state index contributed by atoms with van der Waals surface area (Å²) in [5.74, 6) is 0.569. The minimum Gasteiger partial charge on any atom is -0.396 e. The summed E-state index contributed by atoms with van der Waals surface area (Å²) in [6, 6.07) is 0. The van der Waals surface area contributed by atoms with Crippen LogP contribution in [-0.2, 0) is 0 Å². The maximum atomic E-state index is 8.07. The second kappa shape index (κ2) is 11.4. The number of rotatable bonds is 2. The molecular formula is C5H14O2S2. The lowest BCUT2D eigenvalue weighted by Gasteiger charge is -1.89. The Bertz CT molecular complexity index is 39.9. The quantitative estimate of drug-likeness (QED) is 0.447. The third kappa shape index (κ3) is 28.8. The topological polar surface area (TPSA) is 40.5 Å². The Morgan fingerprint density at radius 3 is 1.67 bits per heavy atom. The van der Waals surface area contributed by atoms with Crippen molar-refractivity contribution in [3.63, 3.8) is 0 Å². The van der Waals surface area contributed by atoms with Crippen molar-refractivity contribution in [3.05, 3.63) is 0 Å². The van der Waals surface area contributed by atoms with Crippen LogP contribution in [0.5, 0.6) is 0 Å².